The predicted octanol–water partition coefficient (Wildman–Crippen LogP) is 8.07. The third-order valence-electron chi connectivity index (χ3n) is 7.96. The number of benzene rings is 4. The lowest BCUT2D eigenvalue weighted by molar-refractivity contribution is -0.140. The summed E-state index contributed by atoms with van der Waals surface area (Å²) in [5.74, 6) is -1.32. The van der Waals surface area contributed by atoms with E-state index in [2.05, 4.69) is 5.32 Å². The van der Waals surface area contributed by atoms with Crippen LogP contribution in [0.3, 0.4) is 0 Å². The molecule has 0 spiro atoms. The van der Waals surface area contributed by atoms with E-state index in [4.69, 9.17) is 23.2 Å². The van der Waals surface area contributed by atoms with Crippen LogP contribution in [0.2, 0.25) is 10.0 Å². The lowest BCUT2D eigenvalue weighted by atomic mass is 10.0. The van der Waals surface area contributed by atoms with Crippen molar-refractivity contribution >= 4 is 50.7 Å². The first-order valence-electron chi connectivity index (χ1n) is 15.4. The molecule has 260 valence electrons. The molecular weight excluding hydrogens is 698 g/mol. The fourth-order valence-electron chi connectivity index (χ4n) is 5.03. The SMILES string of the molecule is CC[C@H](C)NC(=O)[C@@H](Cc1ccccc1)N(Cc1ccc(Cl)c(Cl)c1)C(=O)CN(c1cccc(C(F)(F)F)c1)S(=O)(=O)c1ccc(C)cc1. The fraction of sp³-hybridized carbons (Fsp3) is 0.278. The van der Waals surface area contributed by atoms with Gasteiger partial charge in [-0.15, -0.1) is 0 Å². The number of carbonyl (C=O) groups excluding carboxylic acids is 2. The second-order valence-electron chi connectivity index (χ2n) is 11.7. The number of alkyl halides is 3. The summed E-state index contributed by atoms with van der Waals surface area (Å²) in [5.41, 5.74) is 0.500. The summed E-state index contributed by atoms with van der Waals surface area (Å²) in [6.45, 7) is 4.34. The average Bonchev–Trinajstić information content (AvgIpc) is 3.06. The number of carbonyl (C=O) groups is 2. The van der Waals surface area contributed by atoms with Gasteiger partial charge in [0.1, 0.15) is 12.6 Å². The van der Waals surface area contributed by atoms with Gasteiger partial charge in [-0.05, 0) is 73.9 Å². The first-order valence-corrected chi connectivity index (χ1v) is 17.6. The van der Waals surface area contributed by atoms with E-state index >= 15 is 0 Å². The van der Waals surface area contributed by atoms with Crippen LogP contribution in [-0.4, -0.2) is 43.8 Å². The molecule has 0 fully saturated rings. The van der Waals surface area contributed by atoms with Crippen molar-refractivity contribution < 1.29 is 31.2 Å². The molecule has 1 N–H and O–H groups in total. The Balaban J connectivity index is 1.86. The minimum Gasteiger partial charge on any atom is -0.352 e. The molecule has 0 aromatic heterocycles. The van der Waals surface area contributed by atoms with Crippen molar-refractivity contribution in [2.24, 2.45) is 0 Å². The number of aryl methyl sites for hydroxylation is 1. The zero-order valence-corrected chi connectivity index (χ0v) is 29.4. The molecule has 0 bridgehead atoms. The normalized spacial score (nSPS) is 13.0. The van der Waals surface area contributed by atoms with E-state index < -0.39 is 46.2 Å². The highest BCUT2D eigenvalue weighted by atomic mass is 35.5. The Hall–Kier alpha value is -4.06. The van der Waals surface area contributed by atoms with E-state index in [0.29, 0.717) is 22.4 Å². The molecule has 0 heterocycles. The van der Waals surface area contributed by atoms with Gasteiger partial charge in [-0.3, -0.25) is 13.9 Å². The summed E-state index contributed by atoms with van der Waals surface area (Å²) in [7, 11) is -4.60. The molecule has 0 aliphatic rings. The topological polar surface area (TPSA) is 86.8 Å². The molecular formula is C36H36Cl2F3N3O4S. The lowest BCUT2D eigenvalue weighted by Crippen LogP contribution is -2.54. The lowest BCUT2D eigenvalue weighted by Gasteiger charge is -2.34. The number of hydrogen-bond acceptors (Lipinski definition) is 4. The van der Waals surface area contributed by atoms with Crippen LogP contribution in [0, 0.1) is 6.92 Å². The van der Waals surface area contributed by atoms with Gasteiger partial charge in [-0.25, -0.2) is 8.42 Å². The summed E-state index contributed by atoms with van der Waals surface area (Å²) in [6, 6.07) is 21.7. The van der Waals surface area contributed by atoms with Crippen molar-refractivity contribution in [3.63, 3.8) is 0 Å². The van der Waals surface area contributed by atoms with Gasteiger partial charge in [0.25, 0.3) is 10.0 Å². The van der Waals surface area contributed by atoms with Crippen LogP contribution in [0.4, 0.5) is 18.9 Å². The summed E-state index contributed by atoms with van der Waals surface area (Å²) in [6.07, 6.45) is -4.12. The monoisotopic (exact) mass is 733 g/mol. The van der Waals surface area contributed by atoms with Crippen molar-refractivity contribution in [3.05, 3.63) is 129 Å². The Labute approximate surface area is 294 Å². The van der Waals surface area contributed by atoms with Crippen molar-refractivity contribution in [2.75, 3.05) is 10.8 Å². The van der Waals surface area contributed by atoms with Crippen molar-refractivity contribution in [1.82, 2.24) is 10.2 Å². The van der Waals surface area contributed by atoms with E-state index in [-0.39, 0.29) is 39.6 Å². The maximum Gasteiger partial charge on any atom is 0.416 e. The molecule has 49 heavy (non-hydrogen) atoms. The van der Waals surface area contributed by atoms with Crippen LogP contribution in [0.5, 0.6) is 0 Å². The molecule has 0 radical (unpaired) electrons. The standard InChI is InChI=1S/C36H36Cl2F3N3O4S/c1-4-25(3)42-35(46)33(20-26-9-6-5-7-10-26)43(22-27-15-18-31(37)32(38)19-27)34(45)23-44(29-12-8-11-28(21-29)36(39,40)41)49(47,48)30-16-13-24(2)14-17-30/h5-19,21,25,33H,4,20,22-23H2,1-3H3,(H,42,46)/t25-,33+/m0/s1. The molecule has 4 aromatic rings. The Morgan fingerprint density at radius 3 is 2.14 bits per heavy atom. The number of rotatable bonds is 13. The van der Waals surface area contributed by atoms with Gasteiger partial charge < -0.3 is 10.2 Å². The van der Waals surface area contributed by atoms with Gasteiger partial charge in [0.15, 0.2) is 0 Å². The number of nitrogens with one attached hydrogen (secondary N) is 1. The second kappa shape index (κ2) is 16.1. The quantitative estimate of drug-likeness (QED) is 0.151. The molecule has 2 atom stereocenters. The summed E-state index contributed by atoms with van der Waals surface area (Å²) >= 11 is 12.4. The van der Waals surface area contributed by atoms with Crippen LogP contribution in [0.25, 0.3) is 0 Å². The molecule has 0 unspecified atom stereocenters. The third kappa shape index (κ3) is 9.77. The number of nitrogens with zero attached hydrogens (tertiary/aromatic N) is 2. The third-order valence-corrected chi connectivity index (χ3v) is 10.5. The number of amides is 2. The van der Waals surface area contributed by atoms with E-state index in [1.165, 1.54) is 35.2 Å². The van der Waals surface area contributed by atoms with Crippen molar-refractivity contribution in [1.29, 1.82) is 0 Å². The first-order chi connectivity index (χ1) is 23.1. The van der Waals surface area contributed by atoms with Gasteiger partial charge in [-0.2, -0.15) is 13.2 Å². The zero-order valence-electron chi connectivity index (χ0n) is 27.0. The zero-order chi connectivity index (χ0) is 35.9. The summed E-state index contributed by atoms with van der Waals surface area (Å²) in [4.78, 5) is 29.5. The molecule has 0 saturated heterocycles. The molecule has 7 nitrogen and oxygen atoms in total. The van der Waals surface area contributed by atoms with E-state index in [9.17, 15) is 31.2 Å². The van der Waals surface area contributed by atoms with Crippen LogP contribution in [-0.2, 0) is 38.8 Å². The highest BCUT2D eigenvalue weighted by Crippen LogP contribution is 2.34. The summed E-state index contributed by atoms with van der Waals surface area (Å²) < 4.78 is 70.4. The predicted molar refractivity (Wildman–Crippen MR) is 186 cm³/mol. The fourth-order valence-corrected chi connectivity index (χ4v) is 6.76. The summed E-state index contributed by atoms with van der Waals surface area (Å²) in [5, 5.41) is 3.38. The molecule has 13 heteroatoms. The van der Waals surface area contributed by atoms with Crippen LogP contribution in [0.1, 0.15) is 42.5 Å². The highest BCUT2D eigenvalue weighted by Gasteiger charge is 2.36. The molecule has 4 rings (SSSR count). The number of halogens is 5. The Kier molecular flexibility index (Phi) is 12.4. The maximum atomic E-state index is 14.5. The number of hydrogen-bond donors (Lipinski definition) is 1. The van der Waals surface area contributed by atoms with E-state index in [1.54, 1.807) is 55.5 Å². The van der Waals surface area contributed by atoms with Crippen molar-refractivity contribution in [2.45, 2.75) is 63.3 Å². The Morgan fingerprint density at radius 2 is 1.53 bits per heavy atom. The minimum absolute atomic E-state index is 0.0600. The van der Waals surface area contributed by atoms with Crippen LogP contribution >= 0.6 is 23.2 Å². The van der Waals surface area contributed by atoms with Gasteiger partial charge >= 0.3 is 6.18 Å². The molecule has 0 aliphatic carbocycles. The first kappa shape index (κ1) is 37.8. The van der Waals surface area contributed by atoms with Gasteiger partial charge in [-0.1, -0.05) is 90.3 Å². The Bertz CT molecular complexity index is 1870. The molecule has 0 aliphatic heterocycles. The molecule has 0 saturated carbocycles. The van der Waals surface area contributed by atoms with Crippen molar-refractivity contribution in [3.8, 4) is 0 Å². The smallest absolute Gasteiger partial charge is 0.352 e. The number of anilines is 1. The van der Waals surface area contributed by atoms with Gasteiger partial charge in [0.05, 0.1) is 26.2 Å². The number of sulfonamides is 1. The maximum absolute atomic E-state index is 14.5. The van der Waals surface area contributed by atoms with Crippen LogP contribution in [0.15, 0.2) is 102 Å². The average molecular weight is 735 g/mol. The largest absolute Gasteiger partial charge is 0.416 e. The Morgan fingerprint density at radius 1 is 0.857 bits per heavy atom. The van der Waals surface area contributed by atoms with E-state index in [1.807, 2.05) is 13.8 Å². The molecule has 2 amide bonds. The highest BCUT2D eigenvalue weighted by molar-refractivity contribution is 7.92. The molecule has 4 aromatic carbocycles. The van der Waals surface area contributed by atoms with Crippen LogP contribution < -0.4 is 9.62 Å². The minimum atomic E-state index is -4.78. The second-order valence-corrected chi connectivity index (χ2v) is 14.3. The van der Waals surface area contributed by atoms with Gasteiger partial charge in [0, 0.05) is 19.0 Å². The van der Waals surface area contributed by atoms with Gasteiger partial charge in [0.2, 0.25) is 11.8 Å². The van der Waals surface area contributed by atoms with E-state index in [0.717, 1.165) is 23.3 Å².